The zero-order valence-corrected chi connectivity index (χ0v) is 11.5. The van der Waals surface area contributed by atoms with Crippen molar-refractivity contribution in [2.24, 2.45) is 0 Å². The van der Waals surface area contributed by atoms with Crippen LogP contribution in [0.15, 0.2) is 42.5 Å². The number of benzene rings is 2. The molecule has 1 heterocycles. The van der Waals surface area contributed by atoms with Gasteiger partial charge in [-0.3, -0.25) is 4.79 Å². The van der Waals surface area contributed by atoms with E-state index in [1.165, 1.54) is 0 Å². The molecular weight excluding hydrogens is 266 g/mol. The summed E-state index contributed by atoms with van der Waals surface area (Å²) < 4.78 is 10.5. The molecule has 4 heteroatoms. The van der Waals surface area contributed by atoms with E-state index >= 15 is 0 Å². The van der Waals surface area contributed by atoms with Crippen LogP contribution in [-0.4, -0.2) is 12.6 Å². The maximum atomic E-state index is 12.6. The molecule has 1 aliphatic heterocycles. The maximum absolute atomic E-state index is 12.6. The highest BCUT2D eigenvalue weighted by molar-refractivity contribution is 6.03. The van der Waals surface area contributed by atoms with Gasteiger partial charge in [-0.1, -0.05) is 24.3 Å². The number of nitrogens with zero attached hydrogens (tertiary/aromatic N) is 1. The summed E-state index contributed by atoms with van der Waals surface area (Å²) >= 11 is 0. The standard InChI is InChI=1S/C17H13NO3/c1-11-4-2-3-5-13(11)14(9-18)17(19)12-6-7-15-16(8-12)21-10-20-15/h2-8,14H,10H2,1H3. The summed E-state index contributed by atoms with van der Waals surface area (Å²) in [6, 6.07) is 14.5. The molecule has 0 radical (unpaired) electrons. The fraction of sp³-hybridized carbons (Fsp3) is 0.176. The molecule has 0 bridgehead atoms. The lowest BCUT2D eigenvalue weighted by molar-refractivity contribution is 0.0978. The summed E-state index contributed by atoms with van der Waals surface area (Å²) in [5, 5.41) is 9.40. The van der Waals surface area contributed by atoms with Crippen LogP contribution in [0.1, 0.15) is 27.4 Å². The first-order chi connectivity index (χ1) is 10.2. The SMILES string of the molecule is Cc1ccccc1C(C#N)C(=O)c1ccc2c(c1)OCO2. The first-order valence-corrected chi connectivity index (χ1v) is 6.59. The van der Waals surface area contributed by atoms with Gasteiger partial charge in [0.1, 0.15) is 5.92 Å². The minimum Gasteiger partial charge on any atom is -0.454 e. The van der Waals surface area contributed by atoms with Crippen molar-refractivity contribution in [2.75, 3.05) is 6.79 Å². The first-order valence-electron chi connectivity index (χ1n) is 6.59. The van der Waals surface area contributed by atoms with Gasteiger partial charge in [0.05, 0.1) is 6.07 Å². The Labute approximate surface area is 122 Å². The summed E-state index contributed by atoms with van der Waals surface area (Å²) in [6.07, 6.45) is 0. The van der Waals surface area contributed by atoms with Gasteiger partial charge < -0.3 is 9.47 Å². The first kappa shape index (κ1) is 13.2. The molecule has 3 rings (SSSR count). The van der Waals surface area contributed by atoms with Crippen molar-refractivity contribution in [1.29, 1.82) is 5.26 Å². The number of hydrogen-bond acceptors (Lipinski definition) is 4. The minimum atomic E-state index is -0.813. The Morgan fingerprint density at radius 1 is 1.19 bits per heavy atom. The monoisotopic (exact) mass is 279 g/mol. The summed E-state index contributed by atoms with van der Waals surface area (Å²) in [4.78, 5) is 12.6. The van der Waals surface area contributed by atoms with Crippen molar-refractivity contribution >= 4 is 5.78 Å². The van der Waals surface area contributed by atoms with Crippen LogP contribution in [0.5, 0.6) is 11.5 Å². The average Bonchev–Trinajstić information content (AvgIpc) is 2.97. The van der Waals surface area contributed by atoms with Gasteiger partial charge in [0.15, 0.2) is 17.3 Å². The van der Waals surface area contributed by atoms with Gasteiger partial charge in [-0.05, 0) is 36.2 Å². The normalized spacial score (nSPS) is 13.5. The van der Waals surface area contributed by atoms with Gasteiger partial charge >= 0.3 is 0 Å². The van der Waals surface area contributed by atoms with Crippen LogP contribution >= 0.6 is 0 Å². The van der Waals surface area contributed by atoms with Crippen molar-refractivity contribution < 1.29 is 14.3 Å². The van der Waals surface area contributed by atoms with E-state index in [1.807, 2.05) is 31.2 Å². The molecule has 0 N–H and O–H groups in total. The number of fused-ring (bicyclic) bond motifs is 1. The van der Waals surface area contributed by atoms with Gasteiger partial charge in [0, 0.05) is 5.56 Å². The highest BCUT2D eigenvalue weighted by Gasteiger charge is 2.25. The summed E-state index contributed by atoms with van der Waals surface area (Å²) in [5.41, 5.74) is 2.12. The Kier molecular flexibility index (Phi) is 3.33. The number of hydrogen-bond donors (Lipinski definition) is 0. The quantitative estimate of drug-likeness (QED) is 0.809. The van der Waals surface area contributed by atoms with Crippen LogP contribution in [0.3, 0.4) is 0 Å². The Balaban J connectivity index is 1.97. The molecule has 4 nitrogen and oxygen atoms in total. The van der Waals surface area contributed by atoms with E-state index in [0.29, 0.717) is 17.1 Å². The van der Waals surface area contributed by atoms with E-state index < -0.39 is 5.92 Å². The van der Waals surface area contributed by atoms with Crippen LogP contribution in [0.4, 0.5) is 0 Å². The molecule has 1 unspecified atom stereocenters. The van der Waals surface area contributed by atoms with Crippen LogP contribution < -0.4 is 9.47 Å². The van der Waals surface area contributed by atoms with Gasteiger partial charge in [-0.2, -0.15) is 5.26 Å². The molecule has 2 aromatic carbocycles. The van der Waals surface area contributed by atoms with E-state index in [4.69, 9.17) is 9.47 Å². The number of carbonyl (C=O) groups is 1. The fourth-order valence-electron chi connectivity index (χ4n) is 2.40. The van der Waals surface area contributed by atoms with Gasteiger partial charge in [0.25, 0.3) is 0 Å². The van der Waals surface area contributed by atoms with Crippen molar-refractivity contribution in [2.45, 2.75) is 12.8 Å². The largest absolute Gasteiger partial charge is 0.454 e. The van der Waals surface area contributed by atoms with E-state index in [1.54, 1.807) is 18.2 Å². The molecule has 1 aliphatic rings. The van der Waals surface area contributed by atoms with Gasteiger partial charge in [-0.15, -0.1) is 0 Å². The van der Waals surface area contributed by atoms with Crippen LogP contribution in [0.25, 0.3) is 0 Å². The second kappa shape index (κ2) is 5.29. The third kappa shape index (κ3) is 2.34. The van der Waals surface area contributed by atoms with Crippen molar-refractivity contribution in [3.05, 3.63) is 59.2 Å². The zero-order valence-electron chi connectivity index (χ0n) is 11.5. The lowest BCUT2D eigenvalue weighted by atomic mass is 9.89. The van der Waals surface area contributed by atoms with Crippen LogP contribution in [0, 0.1) is 18.3 Å². The summed E-state index contributed by atoms with van der Waals surface area (Å²) in [5.74, 6) is 0.120. The molecule has 0 saturated heterocycles. The van der Waals surface area contributed by atoms with Crippen molar-refractivity contribution in [1.82, 2.24) is 0 Å². The number of rotatable bonds is 3. The smallest absolute Gasteiger partial charge is 0.231 e. The molecule has 21 heavy (non-hydrogen) atoms. The number of nitriles is 1. The number of ether oxygens (including phenoxy) is 2. The Hall–Kier alpha value is -2.80. The Bertz CT molecular complexity index is 746. The predicted molar refractivity (Wildman–Crippen MR) is 76.4 cm³/mol. The van der Waals surface area contributed by atoms with Crippen LogP contribution in [-0.2, 0) is 0 Å². The molecule has 0 fully saturated rings. The fourth-order valence-corrected chi connectivity index (χ4v) is 2.40. The number of aryl methyl sites for hydroxylation is 1. The molecule has 0 spiro atoms. The van der Waals surface area contributed by atoms with E-state index in [9.17, 15) is 10.1 Å². The third-order valence-corrected chi connectivity index (χ3v) is 3.55. The molecule has 0 aliphatic carbocycles. The van der Waals surface area contributed by atoms with Gasteiger partial charge in [0.2, 0.25) is 6.79 Å². The van der Waals surface area contributed by atoms with E-state index in [0.717, 1.165) is 11.1 Å². The molecule has 104 valence electrons. The highest BCUT2D eigenvalue weighted by Crippen LogP contribution is 2.34. The maximum Gasteiger partial charge on any atom is 0.231 e. The molecule has 1 atom stereocenters. The molecule has 0 aromatic heterocycles. The van der Waals surface area contributed by atoms with Crippen molar-refractivity contribution in [3.8, 4) is 17.6 Å². The van der Waals surface area contributed by atoms with E-state index in [2.05, 4.69) is 6.07 Å². The lowest BCUT2D eigenvalue weighted by Crippen LogP contribution is -2.12. The number of ketones is 1. The van der Waals surface area contributed by atoms with Gasteiger partial charge in [-0.25, -0.2) is 0 Å². The van der Waals surface area contributed by atoms with Crippen molar-refractivity contribution in [3.63, 3.8) is 0 Å². The minimum absolute atomic E-state index is 0.159. The summed E-state index contributed by atoms with van der Waals surface area (Å²) in [6.45, 7) is 2.05. The average molecular weight is 279 g/mol. The molecule has 2 aromatic rings. The second-order valence-corrected chi connectivity index (χ2v) is 4.85. The lowest BCUT2D eigenvalue weighted by Gasteiger charge is -2.11. The van der Waals surface area contributed by atoms with Crippen LogP contribution in [0.2, 0.25) is 0 Å². The zero-order chi connectivity index (χ0) is 14.8. The number of Topliss-reactive ketones (excluding diaryl/α,β-unsaturated/α-hetero) is 1. The third-order valence-electron chi connectivity index (χ3n) is 3.55. The molecule has 0 saturated carbocycles. The summed E-state index contributed by atoms with van der Waals surface area (Å²) in [7, 11) is 0. The number of carbonyl (C=O) groups excluding carboxylic acids is 1. The highest BCUT2D eigenvalue weighted by atomic mass is 16.7. The molecular formula is C17H13NO3. The van der Waals surface area contributed by atoms with E-state index in [-0.39, 0.29) is 12.6 Å². The Morgan fingerprint density at radius 2 is 1.95 bits per heavy atom. The topological polar surface area (TPSA) is 59.3 Å². The second-order valence-electron chi connectivity index (χ2n) is 4.85. The molecule has 0 amide bonds. The Morgan fingerprint density at radius 3 is 2.71 bits per heavy atom. The predicted octanol–water partition coefficient (Wildman–Crippen LogP) is 3.21.